The van der Waals surface area contributed by atoms with Crippen molar-refractivity contribution < 1.29 is 23.1 Å². The molecule has 0 saturated heterocycles. The van der Waals surface area contributed by atoms with Crippen LogP contribution in [0.1, 0.15) is 117 Å². The van der Waals surface area contributed by atoms with Crippen LogP contribution in [0.15, 0.2) is 24.3 Å². The van der Waals surface area contributed by atoms with Crippen molar-refractivity contribution >= 4 is 13.5 Å². The molecule has 0 heterocycles. The zero-order valence-electron chi connectivity index (χ0n) is 21.4. The fourth-order valence-electron chi connectivity index (χ4n) is 3.67. The van der Waals surface area contributed by atoms with Gasteiger partial charge in [0.15, 0.2) is 0 Å². The fourth-order valence-corrected chi connectivity index (χ4v) is 4.94. The first-order chi connectivity index (χ1) is 16.5. The van der Waals surface area contributed by atoms with Crippen molar-refractivity contribution in [2.45, 2.75) is 117 Å². The summed E-state index contributed by atoms with van der Waals surface area (Å²) in [6.07, 6.45) is 18.5. The molecule has 0 N–H and O–H groups in total. The minimum absolute atomic E-state index is 0.0538. The van der Waals surface area contributed by atoms with E-state index >= 15 is 0 Å². The number of benzene rings is 1. The molecule has 1 rings (SSSR count). The average molecular weight is 500 g/mol. The fraction of sp³-hybridized carbons (Fsp3) is 0.769. The van der Waals surface area contributed by atoms with Crippen LogP contribution < -0.4 is 4.52 Å². The molecule has 0 amide bonds. The summed E-state index contributed by atoms with van der Waals surface area (Å²) in [5, 5.41) is 10.9. The largest absolute Gasteiger partial charge is 0.530 e. The van der Waals surface area contributed by atoms with Crippen LogP contribution in [0.3, 0.4) is 0 Å². The number of phosphoric ester groups is 1. The van der Waals surface area contributed by atoms with Crippen molar-refractivity contribution in [2.75, 3.05) is 13.2 Å². The maximum atomic E-state index is 13.2. The van der Waals surface area contributed by atoms with E-state index in [0.717, 1.165) is 38.5 Å². The third-order valence-corrected chi connectivity index (χ3v) is 7.19. The van der Waals surface area contributed by atoms with Crippen LogP contribution in [-0.4, -0.2) is 18.1 Å². The van der Waals surface area contributed by atoms with Crippen LogP contribution in [0.2, 0.25) is 0 Å². The van der Waals surface area contributed by atoms with Crippen LogP contribution in [0, 0.1) is 10.1 Å². The lowest BCUT2D eigenvalue weighted by molar-refractivity contribution is -0.384. The first kappa shape index (κ1) is 30.6. The molecule has 8 heteroatoms. The van der Waals surface area contributed by atoms with Gasteiger partial charge in [-0.3, -0.25) is 19.2 Å². The standard InChI is InChI=1S/C26H46NO6P/c1-3-5-7-9-11-13-15-17-23-31-34(30,32-24-18-16-14-12-10-8-6-4-2)33-26-21-19-25(20-22-26)27(28)29/h19-22H,3-18,23-24H2,1-2H3. The molecule has 0 spiro atoms. The van der Waals surface area contributed by atoms with Gasteiger partial charge in [0.1, 0.15) is 5.75 Å². The maximum absolute atomic E-state index is 13.2. The van der Waals surface area contributed by atoms with Crippen LogP contribution in [0.4, 0.5) is 5.69 Å². The van der Waals surface area contributed by atoms with E-state index in [1.807, 2.05) is 0 Å². The predicted molar refractivity (Wildman–Crippen MR) is 138 cm³/mol. The molecular formula is C26H46NO6P. The van der Waals surface area contributed by atoms with Crippen molar-refractivity contribution in [1.29, 1.82) is 0 Å². The first-order valence-electron chi connectivity index (χ1n) is 13.3. The van der Waals surface area contributed by atoms with Gasteiger partial charge in [-0.2, -0.15) is 0 Å². The summed E-state index contributed by atoms with van der Waals surface area (Å²) in [7, 11) is -3.79. The Labute approximate surface area is 206 Å². The van der Waals surface area contributed by atoms with E-state index in [1.165, 1.54) is 88.5 Å². The molecule has 1 aromatic rings. The molecular weight excluding hydrogens is 453 g/mol. The number of rotatable bonds is 23. The number of unbranched alkanes of at least 4 members (excludes halogenated alkanes) is 14. The van der Waals surface area contributed by atoms with E-state index in [0.29, 0.717) is 13.2 Å². The van der Waals surface area contributed by atoms with Crippen LogP contribution in [-0.2, 0) is 13.6 Å². The predicted octanol–water partition coefficient (Wildman–Crippen LogP) is 9.40. The smallest absolute Gasteiger partial charge is 0.404 e. The number of hydrogen-bond donors (Lipinski definition) is 0. The zero-order valence-corrected chi connectivity index (χ0v) is 22.3. The van der Waals surface area contributed by atoms with Crippen LogP contribution in [0.5, 0.6) is 5.75 Å². The quantitative estimate of drug-likeness (QED) is 0.0645. The molecule has 0 saturated carbocycles. The van der Waals surface area contributed by atoms with Gasteiger partial charge in [-0.05, 0) is 25.0 Å². The Bertz CT molecular complexity index is 656. The second-order valence-electron chi connectivity index (χ2n) is 8.91. The molecule has 0 aliphatic carbocycles. The van der Waals surface area contributed by atoms with Crippen LogP contribution >= 0.6 is 7.82 Å². The van der Waals surface area contributed by atoms with E-state index in [9.17, 15) is 14.7 Å². The van der Waals surface area contributed by atoms with Gasteiger partial charge in [-0.25, -0.2) is 4.57 Å². The van der Waals surface area contributed by atoms with Crippen LogP contribution in [0.25, 0.3) is 0 Å². The van der Waals surface area contributed by atoms with Gasteiger partial charge in [-0.1, -0.05) is 104 Å². The highest BCUT2D eigenvalue weighted by atomic mass is 31.2. The number of hydrogen-bond acceptors (Lipinski definition) is 6. The Morgan fingerprint density at radius 2 is 1.06 bits per heavy atom. The topological polar surface area (TPSA) is 87.9 Å². The lowest BCUT2D eigenvalue weighted by Crippen LogP contribution is -2.05. The highest BCUT2D eigenvalue weighted by molar-refractivity contribution is 7.48. The molecule has 0 atom stereocenters. The van der Waals surface area contributed by atoms with Gasteiger partial charge in [0.05, 0.1) is 18.1 Å². The summed E-state index contributed by atoms with van der Waals surface area (Å²) >= 11 is 0. The Kier molecular flexibility index (Phi) is 17.8. The molecule has 0 radical (unpaired) electrons. The van der Waals surface area contributed by atoms with Gasteiger partial charge in [0, 0.05) is 12.1 Å². The molecule has 0 bridgehead atoms. The maximum Gasteiger partial charge on any atom is 0.530 e. The lowest BCUT2D eigenvalue weighted by atomic mass is 10.1. The van der Waals surface area contributed by atoms with Crippen molar-refractivity contribution in [3.63, 3.8) is 0 Å². The number of phosphoric acid groups is 1. The highest BCUT2D eigenvalue weighted by Gasteiger charge is 2.28. The van der Waals surface area contributed by atoms with Crippen molar-refractivity contribution in [2.24, 2.45) is 0 Å². The third-order valence-electron chi connectivity index (χ3n) is 5.76. The second-order valence-corrected chi connectivity index (χ2v) is 10.5. The summed E-state index contributed by atoms with van der Waals surface area (Å²) in [5.41, 5.74) is -0.0538. The molecule has 0 aromatic heterocycles. The molecule has 0 unspecified atom stereocenters. The Balaban J connectivity index is 2.43. The van der Waals surface area contributed by atoms with E-state index in [-0.39, 0.29) is 11.4 Å². The van der Waals surface area contributed by atoms with E-state index in [1.54, 1.807) is 0 Å². The summed E-state index contributed by atoms with van der Waals surface area (Å²) < 4.78 is 30.0. The van der Waals surface area contributed by atoms with Crippen molar-refractivity contribution in [3.8, 4) is 5.75 Å². The monoisotopic (exact) mass is 499 g/mol. The second kappa shape index (κ2) is 19.8. The zero-order chi connectivity index (χ0) is 24.9. The first-order valence-corrected chi connectivity index (χ1v) is 14.8. The number of non-ortho nitro benzene ring substituents is 1. The van der Waals surface area contributed by atoms with Gasteiger partial charge < -0.3 is 4.52 Å². The molecule has 7 nitrogen and oxygen atoms in total. The molecule has 0 fully saturated rings. The van der Waals surface area contributed by atoms with E-state index in [2.05, 4.69) is 13.8 Å². The molecule has 0 aliphatic rings. The van der Waals surface area contributed by atoms with Crippen molar-refractivity contribution in [1.82, 2.24) is 0 Å². The normalized spacial score (nSPS) is 11.6. The molecule has 1 aromatic carbocycles. The van der Waals surface area contributed by atoms with Gasteiger partial charge in [0.25, 0.3) is 5.69 Å². The molecule has 0 aliphatic heterocycles. The Morgan fingerprint density at radius 1 is 0.676 bits per heavy atom. The van der Waals surface area contributed by atoms with E-state index < -0.39 is 12.7 Å². The number of nitro groups is 1. The number of nitro benzene ring substituents is 1. The molecule has 34 heavy (non-hydrogen) atoms. The highest BCUT2D eigenvalue weighted by Crippen LogP contribution is 2.50. The third kappa shape index (κ3) is 15.5. The Hall–Kier alpha value is -1.43. The van der Waals surface area contributed by atoms with Gasteiger partial charge in [-0.15, -0.1) is 0 Å². The van der Waals surface area contributed by atoms with Gasteiger partial charge >= 0.3 is 7.82 Å². The van der Waals surface area contributed by atoms with E-state index in [4.69, 9.17) is 13.6 Å². The SMILES string of the molecule is CCCCCCCCCCOP(=O)(OCCCCCCCCCC)Oc1ccc([N+](=O)[O-])cc1. The lowest BCUT2D eigenvalue weighted by Gasteiger charge is -2.18. The summed E-state index contributed by atoms with van der Waals surface area (Å²) in [5.74, 6) is 0.237. The average Bonchev–Trinajstić information content (AvgIpc) is 2.82. The summed E-state index contributed by atoms with van der Waals surface area (Å²) in [4.78, 5) is 10.4. The minimum Gasteiger partial charge on any atom is -0.404 e. The molecule has 196 valence electrons. The Morgan fingerprint density at radius 3 is 1.44 bits per heavy atom. The summed E-state index contributed by atoms with van der Waals surface area (Å²) in [6.45, 7) is 5.03. The van der Waals surface area contributed by atoms with Gasteiger partial charge in [0.2, 0.25) is 0 Å². The minimum atomic E-state index is -3.79. The van der Waals surface area contributed by atoms with Crippen molar-refractivity contribution in [3.05, 3.63) is 34.4 Å². The number of nitrogens with zero attached hydrogens (tertiary/aromatic N) is 1. The summed E-state index contributed by atoms with van der Waals surface area (Å²) in [6, 6.07) is 5.47.